The Balaban J connectivity index is 2.30. The van der Waals surface area contributed by atoms with Crippen molar-refractivity contribution in [2.75, 3.05) is 0 Å². The Labute approximate surface area is 99.5 Å². The largest absolute Gasteiger partial charge is 0.285 e. The molecule has 2 heterocycles. The van der Waals surface area contributed by atoms with Crippen molar-refractivity contribution in [3.8, 4) is 0 Å². The lowest BCUT2D eigenvalue weighted by Crippen LogP contribution is -2.13. The number of carbonyl (C=O) groups excluding carboxylic acids is 1. The number of aryl methyl sites for hydroxylation is 2. The van der Waals surface area contributed by atoms with Gasteiger partial charge in [0.25, 0.3) is 0 Å². The van der Waals surface area contributed by atoms with Crippen molar-refractivity contribution in [3.05, 3.63) is 41.7 Å². The highest BCUT2D eigenvalue weighted by atomic mass is 16.1. The normalized spacial score (nSPS) is 10.5. The lowest BCUT2D eigenvalue weighted by atomic mass is 10.2. The molecule has 0 N–H and O–H groups in total. The molecule has 88 valence electrons. The van der Waals surface area contributed by atoms with E-state index in [0.29, 0.717) is 11.4 Å². The van der Waals surface area contributed by atoms with Gasteiger partial charge in [-0.15, -0.1) is 0 Å². The van der Waals surface area contributed by atoms with Gasteiger partial charge >= 0.3 is 0 Å². The lowest BCUT2D eigenvalue weighted by molar-refractivity contribution is 0.102. The summed E-state index contributed by atoms with van der Waals surface area (Å²) in [7, 11) is 0. The zero-order valence-electron chi connectivity index (χ0n) is 9.92. The van der Waals surface area contributed by atoms with E-state index in [2.05, 4.69) is 15.1 Å². The minimum Gasteiger partial charge on any atom is -0.285 e. The molecule has 0 saturated carbocycles. The molecule has 2 aromatic rings. The molecule has 5 nitrogen and oxygen atoms in total. The number of hydrogen-bond donors (Lipinski definition) is 0. The standard InChI is InChI=1S/C12H14N4O/c1-3-6-16-11(4-5-15-16)12(17)10-8-13-9(2)7-14-10/h4-5,7-8H,3,6H2,1-2H3. The minimum absolute atomic E-state index is 0.136. The SMILES string of the molecule is CCCn1nccc1C(=O)c1cnc(C)cn1. The first-order valence-corrected chi connectivity index (χ1v) is 5.57. The summed E-state index contributed by atoms with van der Waals surface area (Å²) in [6, 6.07) is 1.71. The van der Waals surface area contributed by atoms with Crippen LogP contribution < -0.4 is 0 Å². The van der Waals surface area contributed by atoms with E-state index < -0.39 is 0 Å². The van der Waals surface area contributed by atoms with E-state index in [1.165, 1.54) is 6.20 Å². The van der Waals surface area contributed by atoms with E-state index in [4.69, 9.17) is 0 Å². The van der Waals surface area contributed by atoms with Gasteiger partial charge in [0.1, 0.15) is 11.4 Å². The van der Waals surface area contributed by atoms with E-state index in [9.17, 15) is 4.79 Å². The quantitative estimate of drug-likeness (QED) is 0.749. The third-order valence-electron chi connectivity index (χ3n) is 2.40. The highest BCUT2D eigenvalue weighted by molar-refractivity contribution is 6.06. The number of hydrogen-bond acceptors (Lipinski definition) is 4. The van der Waals surface area contributed by atoms with Crippen LogP contribution in [-0.4, -0.2) is 25.5 Å². The summed E-state index contributed by atoms with van der Waals surface area (Å²) >= 11 is 0. The smallest absolute Gasteiger partial charge is 0.230 e. The van der Waals surface area contributed by atoms with Crippen LogP contribution in [0.5, 0.6) is 0 Å². The second-order valence-electron chi connectivity index (χ2n) is 3.81. The van der Waals surface area contributed by atoms with Gasteiger partial charge in [-0.05, 0) is 19.4 Å². The van der Waals surface area contributed by atoms with Crippen molar-refractivity contribution in [2.45, 2.75) is 26.8 Å². The van der Waals surface area contributed by atoms with Crippen LogP contribution in [0.1, 0.15) is 35.2 Å². The van der Waals surface area contributed by atoms with E-state index >= 15 is 0 Å². The molecule has 17 heavy (non-hydrogen) atoms. The van der Waals surface area contributed by atoms with Crippen LogP contribution in [0.15, 0.2) is 24.7 Å². The highest BCUT2D eigenvalue weighted by Gasteiger charge is 2.15. The Hall–Kier alpha value is -2.04. The average molecular weight is 230 g/mol. The lowest BCUT2D eigenvalue weighted by Gasteiger charge is -2.04. The van der Waals surface area contributed by atoms with Crippen molar-refractivity contribution in [1.29, 1.82) is 0 Å². The summed E-state index contributed by atoms with van der Waals surface area (Å²) in [5.74, 6) is -0.136. The average Bonchev–Trinajstić information content (AvgIpc) is 2.78. The minimum atomic E-state index is -0.136. The van der Waals surface area contributed by atoms with Gasteiger partial charge in [0.15, 0.2) is 0 Å². The van der Waals surface area contributed by atoms with Crippen LogP contribution >= 0.6 is 0 Å². The Morgan fingerprint density at radius 2 is 2.18 bits per heavy atom. The molecule has 0 atom stereocenters. The molecule has 2 aromatic heterocycles. The molecule has 0 aromatic carbocycles. The topological polar surface area (TPSA) is 60.7 Å². The first-order valence-electron chi connectivity index (χ1n) is 5.57. The summed E-state index contributed by atoms with van der Waals surface area (Å²) in [5, 5.41) is 4.12. The predicted octanol–water partition coefficient (Wildman–Crippen LogP) is 1.62. The molecule has 0 radical (unpaired) electrons. The summed E-state index contributed by atoms with van der Waals surface area (Å²) in [4.78, 5) is 20.3. The molecule has 0 unspecified atom stereocenters. The monoisotopic (exact) mass is 230 g/mol. The van der Waals surface area contributed by atoms with Gasteiger partial charge in [-0.2, -0.15) is 5.10 Å². The second-order valence-corrected chi connectivity index (χ2v) is 3.81. The molecule has 0 aliphatic rings. The molecule has 5 heteroatoms. The Kier molecular flexibility index (Phi) is 3.27. The first-order chi connectivity index (χ1) is 8.22. The molecule has 0 bridgehead atoms. The van der Waals surface area contributed by atoms with Gasteiger partial charge in [-0.25, -0.2) is 4.98 Å². The van der Waals surface area contributed by atoms with Crippen LogP contribution in [0.4, 0.5) is 0 Å². The van der Waals surface area contributed by atoms with Crippen LogP contribution in [-0.2, 0) is 6.54 Å². The van der Waals surface area contributed by atoms with Gasteiger partial charge in [0.2, 0.25) is 5.78 Å². The molecule has 0 spiro atoms. The molecule has 0 saturated heterocycles. The number of aromatic nitrogens is 4. The first kappa shape index (κ1) is 11.4. The van der Waals surface area contributed by atoms with Crippen molar-refractivity contribution in [2.24, 2.45) is 0 Å². The Bertz CT molecular complexity index is 516. The maximum atomic E-state index is 12.2. The van der Waals surface area contributed by atoms with Crippen LogP contribution in [0, 0.1) is 6.92 Å². The molecular weight excluding hydrogens is 216 g/mol. The van der Waals surface area contributed by atoms with E-state index in [1.807, 2.05) is 13.8 Å². The summed E-state index contributed by atoms with van der Waals surface area (Å²) in [5.41, 5.74) is 1.71. The number of rotatable bonds is 4. The molecular formula is C12H14N4O. The molecule has 2 rings (SSSR count). The van der Waals surface area contributed by atoms with Gasteiger partial charge in [-0.3, -0.25) is 14.5 Å². The second kappa shape index (κ2) is 4.86. The van der Waals surface area contributed by atoms with E-state index in [1.54, 1.807) is 23.1 Å². The summed E-state index contributed by atoms with van der Waals surface area (Å²) < 4.78 is 1.70. The maximum absolute atomic E-state index is 12.2. The van der Waals surface area contributed by atoms with Crippen LogP contribution in [0.2, 0.25) is 0 Å². The Morgan fingerprint density at radius 1 is 1.35 bits per heavy atom. The van der Waals surface area contributed by atoms with Crippen molar-refractivity contribution in [1.82, 2.24) is 19.7 Å². The van der Waals surface area contributed by atoms with Crippen LogP contribution in [0.3, 0.4) is 0 Å². The highest BCUT2D eigenvalue weighted by Crippen LogP contribution is 2.07. The van der Waals surface area contributed by atoms with Gasteiger partial charge in [0, 0.05) is 18.9 Å². The van der Waals surface area contributed by atoms with Crippen LogP contribution in [0.25, 0.3) is 0 Å². The third-order valence-corrected chi connectivity index (χ3v) is 2.40. The molecule has 0 fully saturated rings. The fourth-order valence-corrected chi connectivity index (χ4v) is 1.56. The van der Waals surface area contributed by atoms with E-state index in [0.717, 1.165) is 18.7 Å². The van der Waals surface area contributed by atoms with Crippen molar-refractivity contribution >= 4 is 5.78 Å². The predicted molar refractivity (Wildman–Crippen MR) is 62.7 cm³/mol. The number of carbonyl (C=O) groups is 1. The van der Waals surface area contributed by atoms with Gasteiger partial charge < -0.3 is 0 Å². The fraction of sp³-hybridized carbons (Fsp3) is 0.333. The van der Waals surface area contributed by atoms with Gasteiger partial charge in [0.05, 0.1) is 11.9 Å². The fourth-order valence-electron chi connectivity index (χ4n) is 1.56. The molecule has 0 amide bonds. The third kappa shape index (κ3) is 2.38. The summed E-state index contributed by atoms with van der Waals surface area (Å²) in [6.07, 6.45) is 5.65. The Morgan fingerprint density at radius 3 is 2.82 bits per heavy atom. The van der Waals surface area contributed by atoms with Crippen molar-refractivity contribution in [3.63, 3.8) is 0 Å². The zero-order valence-corrected chi connectivity index (χ0v) is 9.92. The maximum Gasteiger partial charge on any atom is 0.230 e. The summed E-state index contributed by atoms with van der Waals surface area (Å²) in [6.45, 7) is 4.61. The number of nitrogens with zero attached hydrogens (tertiary/aromatic N) is 4. The number of ketones is 1. The molecule has 0 aliphatic heterocycles. The van der Waals surface area contributed by atoms with Gasteiger partial charge in [-0.1, -0.05) is 6.92 Å². The zero-order chi connectivity index (χ0) is 12.3. The molecule has 0 aliphatic carbocycles. The van der Waals surface area contributed by atoms with E-state index in [-0.39, 0.29) is 5.78 Å². The van der Waals surface area contributed by atoms with Crippen molar-refractivity contribution < 1.29 is 4.79 Å².